The molecule has 3 heteroatoms. The van der Waals surface area contributed by atoms with E-state index in [1.807, 2.05) is 0 Å². The molecule has 1 aliphatic rings. The first-order valence-corrected chi connectivity index (χ1v) is 7.95. The summed E-state index contributed by atoms with van der Waals surface area (Å²) in [6, 6.07) is 11.7. The Morgan fingerprint density at radius 3 is 2.30 bits per heavy atom. The zero-order valence-electron chi connectivity index (χ0n) is 13.2. The topological polar surface area (TPSA) is 18.5 Å². The minimum atomic E-state index is 0.411. The van der Waals surface area contributed by atoms with Crippen LogP contribution in [0.1, 0.15) is 31.9 Å². The molecule has 0 radical (unpaired) electrons. The number of nitrogens with one attached hydrogen (secondary N) is 1. The van der Waals surface area contributed by atoms with Crippen LogP contribution < -0.4 is 5.32 Å². The SMILES string of the molecule is CCCN1CCN(C(C)C(NC)c2ccccc2)CC1. The van der Waals surface area contributed by atoms with Crippen molar-refractivity contribution in [2.45, 2.75) is 32.4 Å². The number of piperazine rings is 1. The Bertz CT molecular complexity index is 371. The fraction of sp³-hybridized carbons (Fsp3) is 0.647. The monoisotopic (exact) mass is 275 g/mol. The van der Waals surface area contributed by atoms with Gasteiger partial charge in [0.2, 0.25) is 0 Å². The first-order valence-electron chi connectivity index (χ1n) is 7.95. The van der Waals surface area contributed by atoms with Gasteiger partial charge in [0.25, 0.3) is 0 Å². The summed E-state index contributed by atoms with van der Waals surface area (Å²) >= 11 is 0. The van der Waals surface area contributed by atoms with E-state index in [1.54, 1.807) is 0 Å². The first kappa shape index (κ1) is 15.5. The molecule has 1 saturated heterocycles. The summed E-state index contributed by atoms with van der Waals surface area (Å²) in [6.45, 7) is 10.7. The van der Waals surface area contributed by atoms with E-state index in [0.29, 0.717) is 12.1 Å². The lowest BCUT2D eigenvalue weighted by Gasteiger charge is -2.41. The average Bonchev–Trinajstić information content (AvgIpc) is 2.50. The number of nitrogens with zero attached hydrogens (tertiary/aromatic N) is 2. The minimum absolute atomic E-state index is 0.411. The van der Waals surface area contributed by atoms with Crippen molar-refractivity contribution in [2.24, 2.45) is 0 Å². The highest BCUT2D eigenvalue weighted by Crippen LogP contribution is 2.21. The van der Waals surface area contributed by atoms with Crippen LogP contribution in [0, 0.1) is 0 Å². The molecule has 0 aromatic heterocycles. The molecule has 0 amide bonds. The van der Waals surface area contributed by atoms with Crippen molar-refractivity contribution in [1.29, 1.82) is 0 Å². The average molecular weight is 275 g/mol. The molecule has 1 aromatic rings. The molecule has 20 heavy (non-hydrogen) atoms. The van der Waals surface area contributed by atoms with Gasteiger partial charge in [-0.25, -0.2) is 0 Å². The van der Waals surface area contributed by atoms with Gasteiger partial charge >= 0.3 is 0 Å². The van der Waals surface area contributed by atoms with E-state index in [9.17, 15) is 0 Å². The summed E-state index contributed by atoms with van der Waals surface area (Å²) < 4.78 is 0. The second kappa shape index (κ2) is 7.77. The van der Waals surface area contributed by atoms with Crippen molar-refractivity contribution >= 4 is 0 Å². The zero-order chi connectivity index (χ0) is 14.4. The molecule has 0 spiro atoms. The summed E-state index contributed by atoms with van der Waals surface area (Å²) in [5, 5.41) is 3.50. The number of hydrogen-bond donors (Lipinski definition) is 1. The standard InChI is InChI=1S/C17H29N3/c1-4-10-19-11-13-20(14-12-19)15(2)17(18-3)16-8-6-5-7-9-16/h5-9,15,17-18H,4,10-14H2,1-3H3. The normalized spacial score (nSPS) is 20.8. The van der Waals surface area contributed by atoms with Crippen LogP contribution in [0.5, 0.6) is 0 Å². The van der Waals surface area contributed by atoms with Crippen LogP contribution in [0.2, 0.25) is 0 Å². The zero-order valence-corrected chi connectivity index (χ0v) is 13.2. The lowest BCUT2D eigenvalue weighted by Crippen LogP contribution is -2.52. The van der Waals surface area contributed by atoms with Crippen LogP contribution in [0.25, 0.3) is 0 Å². The highest BCUT2D eigenvalue weighted by atomic mass is 15.3. The van der Waals surface area contributed by atoms with E-state index in [0.717, 1.165) is 0 Å². The van der Waals surface area contributed by atoms with Crippen LogP contribution in [0.3, 0.4) is 0 Å². The van der Waals surface area contributed by atoms with E-state index >= 15 is 0 Å². The minimum Gasteiger partial charge on any atom is -0.312 e. The van der Waals surface area contributed by atoms with Crippen LogP contribution in [0.4, 0.5) is 0 Å². The first-order chi connectivity index (χ1) is 9.76. The lowest BCUT2D eigenvalue weighted by molar-refractivity contribution is 0.0869. The number of likely N-dealkylation sites (N-methyl/N-ethyl adjacent to an activating group) is 1. The third kappa shape index (κ3) is 3.81. The maximum atomic E-state index is 3.50. The van der Waals surface area contributed by atoms with E-state index in [4.69, 9.17) is 0 Å². The fourth-order valence-corrected chi connectivity index (χ4v) is 3.27. The van der Waals surface area contributed by atoms with Gasteiger partial charge in [0.1, 0.15) is 0 Å². The van der Waals surface area contributed by atoms with E-state index in [-0.39, 0.29) is 0 Å². The summed E-state index contributed by atoms with van der Waals surface area (Å²) in [6.07, 6.45) is 1.26. The molecule has 0 aliphatic carbocycles. The van der Waals surface area contributed by atoms with Crippen molar-refractivity contribution in [3.8, 4) is 0 Å². The van der Waals surface area contributed by atoms with Gasteiger partial charge in [-0.1, -0.05) is 37.3 Å². The molecule has 0 saturated carbocycles. The third-order valence-corrected chi connectivity index (χ3v) is 4.47. The second-order valence-corrected chi connectivity index (χ2v) is 5.80. The Morgan fingerprint density at radius 1 is 1.10 bits per heavy atom. The van der Waals surface area contributed by atoms with E-state index in [1.165, 1.54) is 44.7 Å². The maximum Gasteiger partial charge on any atom is 0.0473 e. The Kier molecular flexibility index (Phi) is 6.02. The molecule has 2 atom stereocenters. The molecule has 2 unspecified atom stereocenters. The molecule has 1 fully saturated rings. The molecule has 1 heterocycles. The Labute approximate surface area is 124 Å². The highest BCUT2D eigenvalue weighted by Gasteiger charge is 2.26. The summed E-state index contributed by atoms with van der Waals surface area (Å²) in [5.74, 6) is 0. The largest absolute Gasteiger partial charge is 0.312 e. The molecule has 2 rings (SSSR count). The van der Waals surface area contributed by atoms with Crippen molar-refractivity contribution in [2.75, 3.05) is 39.8 Å². The molecule has 1 aromatic carbocycles. The van der Waals surface area contributed by atoms with Gasteiger partial charge in [-0.15, -0.1) is 0 Å². The third-order valence-electron chi connectivity index (χ3n) is 4.47. The van der Waals surface area contributed by atoms with Crippen LogP contribution in [-0.2, 0) is 0 Å². The molecular weight excluding hydrogens is 246 g/mol. The number of rotatable bonds is 6. The van der Waals surface area contributed by atoms with Gasteiger partial charge in [-0.2, -0.15) is 0 Å². The van der Waals surface area contributed by atoms with Gasteiger partial charge in [-0.3, -0.25) is 4.90 Å². The second-order valence-electron chi connectivity index (χ2n) is 5.80. The predicted octanol–water partition coefficient (Wildman–Crippen LogP) is 2.36. The molecule has 1 aliphatic heterocycles. The predicted molar refractivity (Wildman–Crippen MR) is 86.0 cm³/mol. The van der Waals surface area contributed by atoms with Gasteiger partial charge in [0.05, 0.1) is 0 Å². The molecular formula is C17H29N3. The Morgan fingerprint density at radius 2 is 1.75 bits per heavy atom. The molecule has 0 bridgehead atoms. The van der Waals surface area contributed by atoms with Crippen molar-refractivity contribution in [1.82, 2.24) is 15.1 Å². The van der Waals surface area contributed by atoms with Crippen LogP contribution >= 0.6 is 0 Å². The van der Waals surface area contributed by atoms with Gasteiger partial charge < -0.3 is 10.2 Å². The van der Waals surface area contributed by atoms with Crippen molar-refractivity contribution < 1.29 is 0 Å². The summed E-state index contributed by atoms with van der Waals surface area (Å²) in [5.41, 5.74) is 1.39. The summed E-state index contributed by atoms with van der Waals surface area (Å²) in [7, 11) is 2.07. The van der Waals surface area contributed by atoms with Crippen molar-refractivity contribution in [3.63, 3.8) is 0 Å². The Hall–Kier alpha value is -0.900. The van der Waals surface area contributed by atoms with E-state index < -0.39 is 0 Å². The van der Waals surface area contributed by atoms with Gasteiger partial charge in [0.15, 0.2) is 0 Å². The lowest BCUT2D eigenvalue weighted by atomic mass is 9.99. The molecule has 3 nitrogen and oxygen atoms in total. The van der Waals surface area contributed by atoms with Crippen LogP contribution in [0.15, 0.2) is 30.3 Å². The number of hydrogen-bond acceptors (Lipinski definition) is 3. The van der Waals surface area contributed by atoms with Crippen LogP contribution in [-0.4, -0.2) is 55.6 Å². The molecule has 112 valence electrons. The summed E-state index contributed by atoms with van der Waals surface area (Å²) in [4.78, 5) is 5.21. The van der Waals surface area contributed by atoms with Crippen molar-refractivity contribution in [3.05, 3.63) is 35.9 Å². The highest BCUT2D eigenvalue weighted by molar-refractivity contribution is 5.20. The van der Waals surface area contributed by atoms with E-state index in [2.05, 4.69) is 66.3 Å². The van der Waals surface area contributed by atoms with Gasteiger partial charge in [0, 0.05) is 38.3 Å². The maximum absolute atomic E-state index is 3.50. The number of benzene rings is 1. The van der Waals surface area contributed by atoms with Gasteiger partial charge in [-0.05, 0) is 32.5 Å². The Balaban J connectivity index is 1.95. The fourth-order valence-electron chi connectivity index (χ4n) is 3.27. The quantitative estimate of drug-likeness (QED) is 0.860. The smallest absolute Gasteiger partial charge is 0.0473 e. The molecule has 1 N–H and O–H groups in total.